The molecule has 11 nitrogen and oxygen atoms in total. The standard InChI is InChI=1S/C32H39N7O4/c1-3-41-32(40)36-24-9-6-8-23(18-24)29-19-33-31(42-29)37-28-12-5-4-11-27(28)35-25-10-7-17-39(20-25)26-15-13-22(14-16-26)30-34-21(2)43-38-30/h6,8-9,13-16,18-19,25,27-28,35H,3-5,7,10-12,17,20H2,1-2H3,(H,33,37)(H,36,40)/t25-,27+,28+/m0/s1. The van der Waals surface area contributed by atoms with Gasteiger partial charge in [0.05, 0.1) is 12.8 Å². The molecule has 2 fully saturated rings. The third-order valence-corrected chi connectivity index (χ3v) is 8.14. The Bertz CT molecular complexity index is 1500. The summed E-state index contributed by atoms with van der Waals surface area (Å²) in [6.45, 7) is 5.89. The molecule has 1 amide bonds. The first-order valence-corrected chi connectivity index (χ1v) is 15.2. The number of aromatic nitrogens is 3. The summed E-state index contributed by atoms with van der Waals surface area (Å²) in [4.78, 5) is 23.1. The van der Waals surface area contributed by atoms with Crippen molar-refractivity contribution in [2.75, 3.05) is 35.2 Å². The number of hydrogen-bond donors (Lipinski definition) is 3. The van der Waals surface area contributed by atoms with Gasteiger partial charge in [0.1, 0.15) is 0 Å². The molecule has 1 aliphatic heterocycles. The van der Waals surface area contributed by atoms with Crippen LogP contribution < -0.4 is 20.9 Å². The van der Waals surface area contributed by atoms with Crippen molar-refractivity contribution in [3.05, 3.63) is 60.6 Å². The van der Waals surface area contributed by atoms with E-state index in [9.17, 15) is 4.79 Å². The molecule has 43 heavy (non-hydrogen) atoms. The molecule has 1 saturated heterocycles. The van der Waals surface area contributed by atoms with Gasteiger partial charge in [0.25, 0.3) is 6.01 Å². The van der Waals surface area contributed by atoms with E-state index in [2.05, 4.69) is 60.2 Å². The van der Waals surface area contributed by atoms with Crippen LogP contribution in [0.4, 0.5) is 22.2 Å². The first kappa shape index (κ1) is 28.7. The van der Waals surface area contributed by atoms with Gasteiger partial charge >= 0.3 is 6.09 Å². The highest BCUT2D eigenvalue weighted by Crippen LogP contribution is 2.29. The summed E-state index contributed by atoms with van der Waals surface area (Å²) in [5.74, 6) is 1.83. The van der Waals surface area contributed by atoms with Crippen molar-refractivity contribution in [3.8, 4) is 22.7 Å². The average molecular weight is 586 g/mol. The Morgan fingerprint density at radius 2 is 1.88 bits per heavy atom. The second-order valence-electron chi connectivity index (χ2n) is 11.2. The van der Waals surface area contributed by atoms with Gasteiger partial charge in [-0.1, -0.05) is 30.1 Å². The summed E-state index contributed by atoms with van der Waals surface area (Å²) >= 11 is 0. The van der Waals surface area contributed by atoms with Crippen LogP contribution in [0.25, 0.3) is 22.7 Å². The Morgan fingerprint density at radius 1 is 1.05 bits per heavy atom. The van der Waals surface area contributed by atoms with Gasteiger partial charge in [0, 0.05) is 60.6 Å². The molecule has 3 atom stereocenters. The molecule has 4 aromatic rings. The SMILES string of the molecule is CCOC(=O)Nc1cccc(-c2cnc(N[C@@H]3CCCC[C@H]3N[C@H]3CCCN(c4ccc(-c5noc(C)n5)cc4)C3)o2)c1. The van der Waals surface area contributed by atoms with E-state index in [-0.39, 0.29) is 6.04 Å². The molecular formula is C32H39N7O4. The molecule has 1 aliphatic carbocycles. The van der Waals surface area contributed by atoms with Crippen LogP contribution >= 0.6 is 0 Å². The third kappa shape index (κ3) is 7.16. The summed E-state index contributed by atoms with van der Waals surface area (Å²) in [6, 6.07) is 17.4. The van der Waals surface area contributed by atoms with Crippen LogP contribution in [-0.4, -0.2) is 59.0 Å². The van der Waals surface area contributed by atoms with Crippen molar-refractivity contribution >= 4 is 23.5 Å². The molecule has 0 unspecified atom stereocenters. The van der Waals surface area contributed by atoms with Crippen molar-refractivity contribution in [1.82, 2.24) is 20.4 Å². The number of oxazole rings is 1. The minimum absolute atomic E-state index is 0.227. The minimum Gasteiger partial charge on any atom is -0.450 e. The quantitative estimate of drug-likeness (QED) is 0.207. The highest BCUT2D eigenvalue weighted by molar-refractivity contribution is 5.85. The maximum atomic E-state index is 11.8. The van der Waals surface area contributed by atoms with E-state index in [1.165, 1.54) is 18.5 Å². The molecule has 3 heterocycles. The van der Waals surface area contributed by atoms with Gasteiger partial charge < -0.3 is 29.2 Å². The first-order chi connectivity index (χ1) is 21.0. The smallest absolute Gasteiger partial charge is 0.411 e. The van der Waals surface area contributed by atoms with Crippen LogP contribution in [0.1, 0.15) is 51.3 Å². The van der Waals surface area contributed by atoms with Gasteiger partial charge in [0.15, 0.2) is 5.76 Å². The highest BCUT2D eigenvalue weighted by atomic mass is 16.5. The Morgan fingerprint density at radius 3 is 2.67 bits per heavy atom. The van der Waals surface area contributed by atoms with Gasteiger partial charge in [-0.15, -0.1) is 0 Å². The number of aryl methyl sites for hydroxylation is 1. The van der Waals surface area contributed by atoms with Gasteiger partial charge in [-0.25, -0.2) is 9.78 Å². The van der Waals surface area contributed by atoms with E-state index in [4.69, 9.17) is 13.7 Å². The molecule has 0 radical (unpaired) electrons. The molecule has 2 aromatic heterocycles. The first-order valence-electron chi connectivity index (χ1n) is 15.2. The molecule has 2 aliphatic rings. The summed E-state index contributed by atoms with van der Waals surface area (Å²) in [5, 5.41) is 14.3. The number of amides is 1. The Kier molecular flexibility index (Phi) is 8.88. The van der Waals surface area contributed by atoms with E-state index in [0.717, 1.165) is 49.9 Å². The van der Waals surface area contributed by atoms with E-state index < -0.39 is 6.09 Å². The fraction of sp³-hybridized carbons (Fsp3) is 0.438. The summed E-state index contributed by atoms with van der Waals surface area (Å²) in [7, 11) is 0. The molecular weight excluding hydrogens is 546 g/mol. The summed E-state index contributed by atoms with van der Waals surface area (Å²) in [6.07, 6.45) is 8.09. The molecule has 1 saturated carbocycles. The Hall–Kier alpha value is -4.38. The highest BCUT2D eigenvalue weighted by Gasteiger charge is 2.30. The molecule has 2 aromatic carbocycles. The minimum atomic E-state index is -0.482. The van der Waals surface area contributed by atoms with Gasteiger partial charge in [-0.2, -0.15) is 4.98 Å². The van der Waals surface area contributed by atoms with E-state index >= 15 is 0 Å². The number of carbonyl (C=O) groups is 1. The Balaban J connectivity index is 1.06. The van der Waals surface area contributed by atoms with Crippen molar-refractivity contribution in [2.24, 2.45) is 0 Å². The molecule has 226 valence electrons. The number of anilines is 3. The van der Waals surface area contributed by atoms with Gasteiger partial charge in [0.2, 0.25) is 11.7 Å². The lowest BCUT2D eigenvalue weighted by molar-refractivity contribution is 0.168. The fourth-order valence-electron chi connectivity index (χ4n) is 6.06. The molecule has 11 heteroatoms. The number of rotatable bonds is 9. The predicted molar refractivity (Wildman–Crippen MR) is 165 cm³/mol. The third-order valence-electron chi connectivity index (χ3n) is 8.14. The van der Waals surface area contributed by atoms with E-state index in [1.807, 2.05) is 24.3 Å². The summed E-state index contributed by atoms with van der Waals surface area (Å²) in [5.41, 5.74) is 3.63. The zero-order valence-corrected chi connectivity index (χ0v) is 24.7. The number of hydrogen-bond acceptors (Lipinski definition) is 10. The van der Waals surface area contributed by atoms with Crippen LogP contribution in [0.3, 0.4) is 0 Å². The lowest BCUT2D eigenvalue weighted by Crippen LogP contribution is -2.54. The monoisotopic (exact) mass is 585 g/mol. The lowest BCUT2D eigenvalue weighted by atomic mass is 9.89. The van der Waals surface area contributed by atoms with E-state index in [1.54, 1.807) is 20.0 Å². The van der Waals surface area contributed by atoms with Gasteiger partial charge in [-0.05, 0) is 69.0 Å². The largest absolute Gasteiger partial charge is 0.450 e. The molecule has 0 bridgehead atoms. The number of nitrogens with zero attached hydrogens (tertiary/aromatic N) is 4. The van der Waals surface area contributed by atoms with Crippen molar-refractivity contribution in [1.29, 1.82) is 0 Å². The van der Waals surface area contributed by atoms with Crippen LogP contribution in [0, 0.1) is 6.92 Å². The number of nitrogens with one attached hydrogen (secondary N) is 3. The van der Waals surface area contributed by atoms with Crippen molar-refractivity contribution in [2.45, 2.75) is 70.5 Å². The number of piperidine rings is 1. The molecule has 0 spiro atoms. The van der Waals surface area contributed by atoms with Crippen LogP contribution in [0.15, 0.2) is 63.7 Å². The number of benzene rings is 2. The fourth-order valence-corrected chi connectivity index (χ4v) is 6.06. The zero-order chi connectivity index (χ0) is 29.6. The van der Waals surface area contributed by atoms with Crippen molar-refractivity contribution in [3.63, 3.8) is 0 Å². The van der Waals surface area contributed by atoms with Crippen LogP contribution in [-0.2, 0) is 4.74 Å². The normalized spacial score (nSPS) is 20.5. The topological polar surface area (TPSA) is 131 Å². The molecule has 3 N–H and O–H groups in total. The zero-order valence-electron chi connectivity index (χ0n) is 24.7. The van der Waals surface area contributed by atoms with Crippen LogP contribution in [0.2, 0.25) is 0 Å². The molecule has 6 rings (SSSR count). The summed E-state index contributed by atoms with van der Waals surface area (Å²) < 4.78 is 16.2. The average Bonchev–Trinajstić information content (AvgIpc) is 3.68. The number of carbonyl (C=O) groups excluding carboxylic acids is 1. The lowest BCUT2D eigenvalue weighted by Gasteiger charge is -2.40. The maximum Gasteiger partial charge on any atom is 0.411 e. The van der Waals surface area contributed by atoms with Crippen molar-refractivity contribution < 1.29 is 18.5 Å². The predicted octanol–water partition coefficient (Wildman–Crippen LogP) is 6.25. The van der Waals surface area contributed by atoms with Crippen LogP contribution in [0.5, 0.6) is 0 Å². The van der Waals surface area contributed by atoms with E-state index in [0.29, 0.717) is 47.9 Å². The second-order valence-corrected chi connectivity index (χ2v) is 11.2. The maximum absolute atomic E-state index is 11.8. The van der Waals surface area contributed by atoms with Gasteiger partial charge in [-0.3, -0.25) is 5.32 Å². The second kappa shape index (κ2) is 13.3. The Labute approximate surface area is 251 Å². The number of ether oxygens (including phenoxy) is 1.